The summed E-state index contributed by atoms with van der Waals surface area (Å²) in [4.78, 5) is 14.7. The number of urea groups is 1. The van der Waals surface area contributed by atoms with E-state index in [1.165, 1.54) is 16.7 Å². The number of hydrogen-bond acceptors (Lipinski definition) is 1. The highest BCUT2D eigenvalue weighted by molar-refractivity contribution is 6.30. The summed E-state index contributed by atoms with van der Waals surface area (Å²) >= 11 is 6.01. The maximum atomic E-state index is 12.7. The normalized spacial score (nSPS) is 14.4. The summed E-state index contributed by atoms with van der Waals surface area (Å²) in [5, 5.41) is 3.93. The Balaban J connectivity index is 0.00000324. The molecule has 3 aromatic carbocycles. The van der Waals surface area contributed by atoms with Crippen LogP contribution in [0.3, 0.4) is 0 Å². The number of rotatable bonds is 7. The van der Waals surface area contributed by atoms with Crippen LogP contribution in [0.1, 0.15) is 55.2 Å². The van der Waals surface area contributed by atoms with E-state index in [0.29, 0.717) is 12.5 Å². The van der Waals surface area contributed by atoms with E-state index in [2.05, 4.69) is 85.0 Å². The molecule has 3 aromatic rings. The third-order valence-corrected chi connectivity index (χ3v) is 7.33. The van der Waals surface area contributed by atoms with Crippen LogP contribution < -0.4 is 5.32 Å². The molecule has 3 nitrogen and oxygen atoms in total. The summed E-state index contributed by atoms with van der Waals surface area (Å²) < 4.78 is 0. The van der Waals surface area contributed by atoms with Gasteiger partial charge in [-0.2, -0.15) is 0 Å². The quantitative estimate of drug-likeness (QED) is 0.338. The lowest BCUT2D eigenvalue weighted by atomic mass is 9.73. The standard InChI is InChI=1S/C29H33ClN2O.ClH/c1-29(25-9-4-2-5-10-25,26-11-6-3-7-12-26)19-8-20-31-28(33)32-21-17-24(18-22-32)23-13-15-27(30)16-14-23;/h2-7,9-16,24H,8,17-22H2,1H3,(H,31,33);1H. The lowest BCUT2D eigenvalue weighted by Crippen LogP contribution is -2.44. The molecule has 5 heteroatoms. The second kappa shape index (κ2) is 12.3. The summed E-state index contributed by atoms with van der Waals surface area (Å²) in [5.41, 5.74) is 3.86. The maximum absolute atomic E-state index is 12.7. The summed E-state index contributed by atoms with van der Waals surface area (Å²) in [6, 6.07) is 29.5. The molecular formula is C29H34Cl2N2O. The first kappa shape index (κ1) is 26.1. The van der Waals surface area contributed by atoms with Gasteiger partial charge >= 0.3 is 6.03 Å². The van der Waals surface area contributed by atoms with Crippen LogP contribution in [-0.4, -0.2) is 30.6 Å². The highest BCUT2D eigenvalue weighted by atomic mass is 35.5. The van der Waals surface area contributed by atoms with Crippen molar-refractivity contribution >= 4 is 30.0 Å². The van der Waals surface area contributed by atoms with Gasteiger partial charge in [-0.1, -0.05) is 91.3 Å². The zero-order valence-electron chi connectivity index (χ0n) is 19.8. The monoisotopic (exact) mass is 496 g/mol. The van der Waals surface area contributed by atoms with Crippen LogP contribution in [0.5, 0.6) is 0 Å². The fourth-order valence-electron chi connectivity index (χ4n) is 4.97. The smallest absolute Gasteiger partial charge is 0.317 e. The van der Waals surface area contributed by atoms with E-state index in [9.17, 15) is 4.79 Å². The van der Waals surface area contributed by atoms with E-state index in [1.54, 1.807) is 0 Å². The molecule has 1 aliphatic rings. The van der Waals surface area contributed by atoms with E-state index in [4.69, 9.17) is 11.6 Å². The van der Waals surface area contributed by atoms with Gasteiger partial charge in [0.1, 0.15) is 0 Å². The average Bonchev–Trinajstić information content (AvgIpc) is 2.88. The SMILES string of the molecule is CC(CCCNC(=O)N1CCC(c2ccc(Cl)cc2)CC1)(c1ccccc1)c1ccccc1.Cl. The first-order valence-electron chi connectivity index (χ1n) is 12.0. The number of benzene rings is 3. The number of amides is 2. The van der Waals surface area contributed by atoms with Crippen LogP contribution in [0.25, 0.3) is 0 Å². The van der Waals surface area contributed by atoms with Gasteiger partial charge in [0, 0.05) is 30.1 Å². The summed E-state index contributed by atoms with van der Waals surface area (Å²) in [6.45, 7) is 4.59. The van der Waals surface area contributed by atoms with Crippen molar-refractivity contribution in [1.29, 1.82) is 0 Å². The van der Waals surface area contributed by atoms with Gasteiger partial charge in [-0.15, -0.1) is 12.4 Å². The van der Waals surface area contributed by atoms with Crippen LogP contribution >= 0.6 is 24.0 Å². The van der Waals surface area contributed by atoms with Crippen LogP contribution in [0.4, 0.5) is 4.79 Å². The number of piperidine rings is 1. The van der Waals surface area contributed by atoms with Gasteiger partial charge in [0.15, 0.2) is 0 Å². The molecule has 180 valence electrons. The lowest BCUT2D eigenvalue weighted by Gasteiger charge is -2.33. The minimum absolute atomic E-state index is 0. The summed E-state index contributed by atoms with van der Waals surface area (Å²) in [7, 11) is 0. The van der Waals surface area contributed by atoms with Crippen LogP contribution in [-0.2, 0) is 5.41 Å². The fraction of sp³-hybridized carbons (Fsp3) is 0.345. The number of carbonyl (C=O) groups excluding carboxylic acids is 1. The highest BCUT2D eigenvalue weighted by Crippen LogP contribution is 2.36. The van der Waals surface area contributed by atoms with E-state index in [-0.39, 0.29) is 23.9 Å². The second-order valence-electron chi connectivity index (χ2n) is 9.21. The number of likely N-dealkylation sites (tertiary alicyclic amines) is 1. The van der Waals surface area contributed by atoms with Crippen molar-refractivity contribution in [1.82, 2.24) is 10.2 Å². The first-order valence-corrected chi connectivity index (χ1v) is 12.3. The van der Waals surface area contributed by atoms with Gasteiger partial charge < -0.3 is 10.2 Å². The molecule has 1 saturated heterocycles. The summed E-state index contributed by atoms with van der Waals surface area (Å²) in [6.07, 6.45) is 3.89. The molecule has 0 saturated carbocycles. The highest BCUT2D eigenvalue weighted by Gasteiger charge is 2.28. The topological polar surface area (TPSA) is 32.3 Å². The largest absolute Gasteiger partial charge is 0.338 e. The predicted molar refractivity (Wildman–Crippen MR) is 144 cm³/mol. The number of nitrogens with zero attached hydrogens (tertiary/aromatic N) is 1. The molecule has 1 fully saturated rings. The van der Waals surface area contributed by atoms with Gasteiger partial charge in [0.2, 0.25) is 0 Å². The van der Waals surface area contributed by atoms with Crippen molar-refractivity contribution in [3.63, 3.8) is 0 Å². The Hall–Kier alpha value is -2.49. The molecule has 0 aromatic heterocycles. The number of halogens is 2. The first-order chi connectivity index (χ1) is 16.1. The number of nitrogens with one attached hydrogen (secondary N) is 1. The van der Waals surface area contributed by atoms with Crippen molar-refractivity contribution < 1.29 is 4.79 Å². The molecule has 1 heterocycles. The molecule has 0 radical (unpaired) electrons. The number of carbonyl (C=O) groups is 1. The van der Waals surface area contributed by atoms with Crippen LogP contribution in [0.2, 0.25) is 5.02 Å². The average molecular weight is 498 g/mol. The zero-order chi connectivity index (χ0) is 23.1. The lowest BCUT2D eigenvalue weighted by molar-refractivity contribution is 0.181. The van der Waals surface area contributed by atoms with Crippen molar-refractivity contribution in [3.05, 3.63) is 107 Å². The van der Waals surface area contributed by atoms with E-state index in [0.717, 1.165) is 43.8 Å². The van der Waals surface area contributed by atoms with Crippen molar-refractivity contribution in [2.24, 2.45) is 0 Å². The summed E-state index contributed by atoms with van der Waals surface area (Å²) in [5.74, 6) is 0.503. The Morgan fingerprint density at radius 2 is 1.44 bits per heavy atom. The maximum Gasteiger partial charge on any atom is 0.317 e. The van der Waals surface area contributed by atoms with E-state index < -0.39 is 0 Å². The Labute approximate surface area is 214 Å². The fourth-order valence-corrected chi connectivity index (χ4v) is 5.09. The predicted octanol–water partition coefficient (Wildman–Crippen LogP) is 7.44. The Morgan fingerprint density at radius 3 is 1.97 bits per heavy atom. The van der Waals surface area contributed by atoms with Crippen molar-refractivity contribution in [2.75, 3.05) is 19.6 Å². The molecule has 34 heavy (non-hydrogen) atoms. The second-order valence-corrected chi connectivity index (χ2v) is 9.65. The molecule has 0 unspecified atom stereocenters. The van der Waals surface area contributed by atoms with E-state index in [1.807, 2.05) is 17.0 Å². The van der Waals surface area contributed by atoms with Crippen LogP contribution in [0.15, 0.2) is 84.9 Å². The van der Waals surface area contributed by atoms with Gasteiger partial charge in [0.25, 0.3) is 0 Å². The van der Waals surface area contributed by atoms with Crippen molar-refractivity contribution in [2.45, 2.75) is 43.9 Å². The van der Waals surface area contributed by atoms with Gasteiger partial charge in [0.05, 0.1) is 0 Å². The number of hydrogen-bond donors (Lipinski definition) is 1. The van der Waals surface area contributed by atoms with E-state index >= 15 is 0 Å². The minimum atomic E-state index is -0.0792. The van der Waals surface area contributed by atoms with Crippen LogP contribution in [0, 0.1) is 0 Å². The molecule has 0 aliphatic carbocycles. The Morgan fingerprint density at radius 1 is 0.912 bits per heavy atom. The molecule has 0 atom stereocenters. The molecular weight excluding hydrogens is 463 g/mol. The molecule has 4 rings (SSSR count). The van der Waals surface area contributed by atoms with Gasteiger partial charge in [-0.25, -0.2) is 4.79 Å². The third-order valence-electron chi connectivity index (χ3n) is 7.08. The zero-order valence-corrected chi connectivity index (χ0v) is 21.3. The molecule has 2 amide bonds. The Bertz CT molecular complexity index is 978. The Kier molecular flexibility index (Phi) is 9.44. The molecule has 0 bridgehead atoms. The molecule has 1 N–H and O–H groups in total. The molecule has 0 spiro atoms. The minimum Gasteiger partial charge on any atom is -0.338 e. The van der Waals surface area contributed by atoms with Gasteiger partial charge in [-0.05, 0) is 60.4 Å². The molecule has 1 aliphatic heterocycles. The van der Waals surface area contributed by atoms with Crippen molar-refractivity contribution in [3.8, 4) is 0 Å². The third kappa shape index (κ3) is 6.34. The van der Waals surface area contributed by atoms with Gasteiger partial charge in [-0.3, -0.25) is 0 Å².